The van der Waals surface area contributed by atoms with Crippen molar-refractivity contribution < 1.29 is 9.90 Å². The molecule has 4 nitrogen and oxygen atoms in total. The van der Waals surface area contributed by atoms with Gasteiger partial charge in [0.15, 0.2) is 0 Å². The zero-order chi connectivity index (χ0) is 16.3. The quantitative estimate of drug-likeness (QED) is 0.869. The smallest absolute Gasteiger partial charge is 0.224 e. The highest BCUT2D eigenvalue weighted by Gasteiger charge is 2.33. The number of thiophene rings is 1. The molecule has 2 atom stereocenters. The van der Waals surface area contributed by atoms with Gasteiger partial charge in [-0.15, -0.1) is 0 Å². The molecule has 5 heteroatoms. The molecule has 1 amide bonds. The molecule has 1 aliphatic heterocycles. The third-order valence-corrected chi connectivity index (χ3v) is 6.11. The molecular weight excluding hydrogens is 308 g/mol. The molecule has 0 bridgehead atoms. The van der Waals surface area contributed by atoms with Crippen molar-refractivity contribution in [1.29, 1.82) is 0 Å². The van der Waals surface area contributed by atoms with E-state index in [0.717, 1.165) is 25.1 Å². The number of nitrogens with one attached hydrogen (secondary N) is 1. The molecule has 1 aliphatic carbocycles. The molecule has 2 fully saturated rings. The second-order valence-electron chi connectivity index (χ2n) is 7.28. The first-order chi connectivity index (χ1) is 11.1. The Morgan fingerprint density at radius 1 is 1.39 bits per heavy atom. The zero-order valence-electron chi connectivity index (χ0n) is 14.0. The van der Waals surface area contributed by atoms with E-state index in [9.17, 15) is 9.90 Å². The van der Waals surface area contributed by atoms with Crippen molar-refractivity contribution in [3.8, 4) is 0 Å². The number of hydrogen-bond acceptors (Lipinski definition) is 4. The maximum atomic E-state index is 12.4. The SMILES string of the molecule is CC(O)(CNC(=O)C1CCN(C2CCCCC2)C1)c1ccsc1. The second kappa shape index (κ2) is 7.32. The van der Waals surface area contributed by atoms with Crippen LogP contribution in [0.1, 0.15) is 51.0 Å². The molecule has 128 valence electrons. The van der Waals surface area contributed by atoms with Gasteiger partial charge >= 0.3 is 0 Å². The predicted molar refractivity (Wildman–Crippen MR) is 93.5 cm³/mol. The van der Waals surface area contributed by atoms with Gasteiger partial charge in [-0.2, -0.15) is 11.3 Å². The maximum Gasteiger partial charge on any atom is 0.224 e. The molecule has 2 N–H and O–H groups in total. The fraction of sp³-hybridized carbons (Fsp3) is 0.722. The normalized spacial score (nSPS) is 26.1. The van der Waals surface area contributed by atoms with Gasteiger partial charge in [-0.05, 0) is 55.1 Å². The lowest BCUT2D eigenvalue weighted by atomic mass is 9.94. The summed E-state index contributed by atoms with van der Waals surface area (Å²) in [6, 6.07) is 2.60. The standard InChI is InChI=1S/C18H28N2O2S/c1-18(22,15-8-10-23-12-15)13-19-17(21)14-7-9-20(11-14)16-5-3-2-4-6-16/h8,10,12,14,16,22H,2-7,9,11,13H2,1H3,(H,19,21). The molecule has 2 heterocycles. The molecule has 1 saturated heterocycles. The van der Waals surface area contributed by atoms with Crippen LogP contribution < -0.4 is 5.32 Å². The summed E-state index contributed by atoms with van der Waals surface area (Å²) in [5.74, 6) is 0.175. The van der Waals surface area contributed by atoms with Crippen molar-refractivity contribution in [2.24, 2.45) is 5.92 Å². The van der Waals surface area contributed by atoms with Crippen molar-refractivity contribution in [2.75, 3.05) is 19.6 Å². The minimum absolute atomic E-state index is 0.0789. The average Bonchev–Trinajstić information content (AvgIpc) is 3.25. The highest BCUT2D eigenvalue weighted by atomic mass is 32.1. The number of carbonyl (C=O) groups excluding carboxylic acids is 1. The van der Waals surface area contributed by atoms with Gasteiger partial charge in [0, 0.05) is 12.6 Å². The molecule has 23 heavy (non-hydrogen) atoms. The lowest BCUT2D eigenvalue weighted by molar-refractivity contribution is -0.125. The summed E-state index contributed by atoms with van der Waals surface area (Å²) in [4.78, 5) is 15.0. The number of hydrogen-bond donors (Lipinski definition) is 2. The molecular formula is C18H28N2O2S. The first kappa shape index (κ1) is 16.9. The number of carbonyl (C=O) groups is 1. The minimum Gasteiger partial charge on any atom is -0.384 e. The average molecular weight is 337 g/mol. The molecule has 0 radical (unpaired) electrons. The van der Waals surface area contributed by atoms with Crippen LogP contribution in [0, 0.1) is 5.92 Å². The van der Waals surface area contributed by atoms with E-state index in [-0.39, 0.29) is 18.4 Å². The summed E-state index contributed by atoms with van der Waals surface area (Å²) in [5, 5.41) is 17.4. The molecule has 0 spiro atoms. The molecule has 1 saturated carbocycles. The highest BCUT2D eigenvalue weighted by molar-refractivity contribution is 7.08. The first-order valence-corrected chi connectivity index (χ1v) is 9.77. The first-order valence-electron chi connectivity index (χ1n) is 8.83. The van der Waals surface area contributed by atoms with Crippen LogP contribution in [0.25, 0.3) is 0 Å². The summed E-state index contributed by atoms with van der Waals surface area (Å²) < 4.78 is 0. The topological polar surface area (TPSA) is 52.6 Å². The van der Waals surface area contributed by atoms with Gasteiger partial charge in [0.1, 0.15) is 5.60 Å². The summed E-state index contributed by atoms with van der Waals surface area (Å²) in [7, 11) is 0. The predicted octanol–water partition coefficient (Wildman–Crippen LogP) is 2.73. The number of amides is 1. The Kier molecular flexibility index (Phi) is 5.39. The molecule has 2 aliphatic rings. The largest absolute Gasteiger partial charge is 0.384 e. The van der Waals surface area contributed by atoms with E-state index in [1.54, 1.807) is 18.3 Å². The van der Waals surface area contributed by atoms with Gasteiger partial charge in [0.25, 0.3) is 0 Å². The highest BCUT2D eigenvalue weighted by Crippen LogP contribution is 2.28. The van der Waals surface area contributed by atoms with Crippen LogP contribution in [0.15, 0.2) is 16.8 Å². The minimum atomic E-state index is -0.989. The third-order valence-electron chi connectivity index (χ3n) is 5.43. The Morgan fingerprint density at radius 2 is 2.17 bits per heavy atom. The molecule has 2 unspecified atom stereocenters. The Labute approximate surface area is 142 Å². The van der Waals surface area contributed by atoms with Crippen molar-refractivity contribution in [3.05, 3.63) is 22.4 Å². The van der Waals surface area contributed by atoms with E-state index in [4.69, 9.17) is 0 Å². The van der Waals surface area contributed by atoms with Gasteiger partial charge in [0.05, 0.1) is 12.5 Å². The summed E-state index contributed by atoms with van der Waals surface area (Å²) >= 11 is 1.56. The summed E-state index contributed by atoms with van der Waals surface area (Å²) in [6.07, 6.45) is 7.57. The van der Waals surface area contributed by atoms with Gasteiger partial charge in [-0.1, -0.05) is 19.3 Å². The van der Waals surface area contributed by atoms with E-state index in [2.05, 4.69) is 10.2 Å². The van der Waals surface area contributed by atoms with E-state index in [0.29, 0.717) is 6.04 Å². The molecule has 1 aromatic heterocycles. The number of rotatable bonds is 5. The third kappa shape index (κ3) is 4.14. The number of nitrogens with zero attached hydrogens (tertiary/aromatic N) is 1. The Bertz CT molecular complexity index is 509. The van der Waals surface area contributed by atoms with Crippen LogP contribution in [0.3, 0.4) is 0 Å². The second-order valence-corrected chi connectivity index (χ2v) is 8.06. The summed E-state index contributed by atoms with van der Waals surface area (Å²) in [5.41, 5.74) is -0.116. The Morgan fingerprint density at radius 3 is 2.87 bits per heavy atom. The summed E-state index contributed by atoms with van der Waals surface area (Å²) in [6.45, 7) is 3.97. The van der Waals surface area contributed by atoms with E-state index >= 15 is 0 Å². The molecule has 3 rings (SSSR count). The number of likely N-dealkylation sites (tertiary alicyclic amines) is 1. The van der Waals surface area contributed by atoms with Gasteiger partial charge < -0.3 is 10.4 Å². The van der Waals surface area contributed by atoms with E-state index in [1.165, 1.54) is 32.1 Å². The van der Waals surface area contributed by atoms with Gasteiger partial charge in [0.2, 0.25) is 5.91 Å². The number of aliphatic hydroxyl groups is 1. The van der Waals surface area contributed by atoms with Crippen molar-refractivity contribution >= 4 is 17.2 Å². The maximum absolute atomic E-state index is 12.4. The fourth-order valence-corrected chi connectivity index (χ4v) is 4.64. The van der Waals surface area contributed by atoms with Crippen molar-refractivity contribution in [1.82, 2.24) is 10.2 Å². The van der Waals surface area contributed by atoms with Gasteiger partial charge in [-0.25, -0.2) is 0 Å². The van der Waals surface area contributed by atoms with Crippen molar-refractivity contribution in [2.45, 2.75) is 57.1 Å². The van der Waals surface area contributed by atoms with Crippen LogP contribution in [0.2, 0.25) is 0 Å². The van der Waals surface area contributed by atoms with Crippen LogP contribution in [-0.4, -0.2) is 41.6 Å². The zero-order valence-corrected chi connectivity index (χ0v) is 14.8. The fourth-order valence-electron chi connectivity index (χ4n) is 3.86. The van der Waals surface area contributed by atoms with Crippen molar-refractivity contribution in [3.63, 3.8) is 0 Å². The lowest BCUT2D eigenvalue weighted by Gasteiger charge is -2.31. The lowest BCUT2D eigenvalue weighted by Crippen LogP contribution is -2.42. The Balaban J connectivity index is 1.47. The van der Waals surface area contributed by atoms with E-state index < -0.39 is 5.60 Å². The monoisotopic (exact) mass is 336 g/mol. The van der Waals surface area contributed by atoms with Crippen LogP contribution in [0.5, 0.6) is 0 Å². The van der Waals surface area contributed by atoms with Crippen LogP contribution in [-0.2, 0) is 10.4 Å². The van der Waals surface area contributed by atoms with E-state index in [1.807, 2.05) is 16.8 Å². The van der Waals surface area contributed by atoms with Gasteiger partial charge in [-0.3, -0.25) is 9.69 Å². The Hall–Kier alpha value is -0.910. The molecule has 0 aromatic carbocycles. The molecule has 1 aromatic rings. The van der Waals surface area contributed by atoms with Crippen LogP contribution >= 0.6 is 11.3 Å². The van der Waals surface area contributed by atoms with Crippen LogP contribution in [0.4, 0.5) is 0 Å².